The van der Waals surface area contributed by atoms with Crippen LogP contribution in [0.2, 0.25) is 0 Å². The molecule has 0 saturated carbocycles. The van der Waals surface area contributed by atoms with Gasteiger partial charge in [0.05, 0.1) is 6.61 Å². The van der Waals surface area contributed by atoms with Crippen LogP contribution >= 0.6 is 0 Å². The Hall–Kier alpha value is -2.39. The van der Waals surface area contributed by atoms with Crippen LogP contribution in [0.15, 0.2) is 54.6 Å². The molecule has 0 unspecified atom stereocenters. The SMILES string of the molecule is CCc1c(-c2ccccc2)[nH]c(CO)c1-c1ccc(F)cc1. The molecule has 0 spiro atoms. The van der Waals surface area contributed by atoms with Gasteiger partial charge in [0.2, 0.25) is 0 Å². The summed E-state index contributed by atoms with van der Waals surface area (Å²) in [5.74, 6) is -0.258. The lowest BCUT2D eigenvalue weighted by molar-refractivity contribution is 0.278. The number of hydrogen-bond donors (Lipinski definition) is 2. The minimum Gasteiger partial charge on any atom is -0.390 e. The maximum absolute atomic E-state index is 13.2. The number of nitrogens with one attached hydrogen (secondary N) is 1. The van der Waals surface area contributed by atoms with Crippen LogP contribution in [-0.2, 0) is 13.0 Å². The standard InChI is InChI=1S/C19H18FNO/c1-2-16-18(13-8-10-15(20)11-9-13)17(12-22)21-19(16)14-6-4-3-5-7-14/h3-11,21-22H,2,12H2,1H3. The molecule has 0 radical (unpaired) electrons. The quantitative estimate of drug-likeness (QED) is 0.728. The smallest absolute Gasteiger partial charge is 0.123 e. The van der Waals surface area contributed by atoms with E-state index in [0.717, 1.165) is 40.1 Å². The van der Waals surface area contributed by atoms with Gasteiger partial charge in [0.25, 0.3) is 0 Å². The predicted molar refractivity (Wildman–Crippen MR) is 86.9 cm³/mol. The summed E-state index contributed by atoms with van der Waals surface area (Å²) in [5.41, 5.74) is 5.91. The largest absolute Gasteiger partial charge is 0.390 e. The Balaban J connectivity index is 2.21. The maximum atomic E-state index is 13.2. The van der Waals surface area contributed by atoms with Gasteiger partial charge in [-0.25, -0.2) is 4.39 Å². The second kappa shape index (κ2) is 6.16. The monoisotopic (exact) mass is 295 g/mol. The van der Waals surface area contributed by atoms with Crippen molar-refractivity contribution in [3.05, 3.63) is 71.7 Å². The van der Waals surface area contributed by atoms with Crippen LogP contribution in [0.25, 0.3) is 22.4 Å². The first kappa shape index (κ1) is 14.5. The summed E-state index contributed by atoms with van der Waals surface area (Å²) in [5, 5.41) is 9.71. The average Bonchev–Trinajstić information content (AvgIpc) is 2.95. The third-order valence-corrected chi connectivity index (χ3v) is 3.89. The molecule has 0 fully saturated rings. The van der Waals surface area contributed by atoms with Gasteiger partial charge in [-0.2, -0.15) is 0 Å². The van der Waals surface area contributed by atoms with Crippen molar-refractivity contribution in [2.75, 3.05) is 0 Å². The number of aliphatic hydroxyl groups excluding tert-OH is 1. The molecule has 3 rings (SSSR count). The molecule has 22 heavy (non-hydrogen) atoms. The fourth-order valence-corrected chi connectivity index (χ4v) is 2.88. The molecule has 1 aromatic heterocycles. The molecular formula is C19H18FNO. The van der Waals surface area contributed by atoms with Crippen molar-refractivity contribution in [2.24, 2.45) is 0 Å². The molecule has 2 aromatic carbocycles. The van der Waals surface area contributed by atoms with Crippen molar-refractivity contribution in [2.45, 2.75) is 20.0 Å². The Morgan fingerprint density at radius 1 is 0.955 bits per heavy atom. The van der Waals surface area contributed by atoms with Crippen molar-refractivity contribution in [3.63, 3.8) is 0 Å². The zero-order chi connectivity index (χ0) is 15.5. The van der Waals surface area contributed by atoms with E-state index in [2.05, 4.69) is 11.9 Å². The Bertz CT molecular complexity index is 760. The molecule has 1 heterocycles. The highest BCUT2D eigenvalue weighted by atomic mass is 19.1. The molecule has 0 aliphatic rings. The first-order valence-electron chi connectivity index (χ1n) is 7.40. The van der Waals surface area contributed by atoms with Crippen molar-refractivity contribution in [3.8, 4) is 22.4 Å². The highest BCUT2D eigenvalue weighted by Crippen LogP contribution is 2.36. The molecule has 2 nitrogen and oxygen atoms in total. The first-order chi connectivity index (χ1) is 10.7. The molecule has 0 aliphatic heterocycles. The molecule has 0 bridgehead atoms. The minimum atomic E-state index is -0.258. The minimum absolute atomic E-state index is 0.0768. The van der Waals surface area contributed by atoms with Crippen LogP contribution in [0, 0.1) is 5.82 Å². The number of rotatable bonds is 4. The molecular weight excluding hydrogens is 277 g/mol. The van der Waals surface area contributed by atoms with Gasteiger partial charge in [0.1, 0.15) is 5.82 Å². The third-order valence-electron chi connectivity index (χ3n) is 3.89. The summed E-state index contributed by atoms with van der Waals surface area (Å²) in [7, 11) is 0. The van der Waals surface area contributed by atoms with Gasteiger partial charge in [-0.05, 0) is 35.2 Å². The van der Waals surface area contributed by atoms with Crippen molar-refractivity contribution >= 4 is 0 Å². The van der Waals surface area contributed by atoms with Gasteiger partial charge < -0.3 is 10.1 Å². The lowest BCUT2D eigenvalue weighted by atomic mass is 9.96. The van der Waals surface area contributed by atoms with Gasteiger partial charge in [0.15, 0.2) is 0 Å². The molecule has 2 N–H and O–H groups in total. The van der Waals surface area contributed by atoms with E-state index in [-0.39, 0.29) is 12.4 Å². The van der Waals surface area contributed by atoms with E-state index in [1.165, 1.54) is 12.1 Å². The number of benzene rings is 2. The van der Waals surface area contributed by atoms with Gasteiger partial charge in [-0.3, -0.25) is 0 Å². The zero-order valence-electron chi connectivity index (χ0n) is 12.4. The summed E-state index contributed by atoms with van der Waals surface area (Å²) in [6.07, 6.45) is 0.827. The van der Waals surface area contributed by atoms with E-state index in [1.807, 2.05) is 30.3 Å². The van der Waals surface area contributed by atoms with Gasteiger partial charge in [-0.15, -0.1) is 0 Å². The number of aromatic nitrogens is 1. The van der Waals surface area contributed by atoms with Crippen LogP contribution < -0.4 is 0 Å². The third kappa shape index (κ3) is 2.55. The zero-order valence-corrected chi connectivity index (χ0v) is 12.4. The number of aromatic amines is 1. The van der Waals surface area contributed by atoms with Crippen molar-refractivity contribution < 1.29 is 9.50 Å². The second-order valence-corrected chi connectivity index (χ2v) is 5.22. The van der Waals surface area contributed by atoms with Gasteiger partial charge in [-0.1, -0.05) is 49.4 Å². The highest BCUT2D eigenvalue weighted by molar-refractivity contribution is 5.79. The van der Waals surface area contributed by atoms with Crippen LogP contribution in [0.3, 0.4) is 0 Å². The van der Waals surface area contributed by atoms with E-state index in [9.17, 15) is 9.50 Å². The van der Waals surface area contributed by atoms with Gasteiger partial charge in [0, 0.05) is 17.0 Å². The van der Waals surface area contributed by atoms with Crippen molar-refractivity contribution in [1.82, 2.24) is 4.98 Å². The molecule has 0 atom stereocenters. The van der Waals surface area contributed by atoms with Crippen LogP contribution in [-0.4, -0.2) is 10.1 Å². The number of halogens is 1. The summed E-state index contributed by atoms with van der Waals surface area (Å²) < 4.78 is 13.2. The fourth-order valence-electron chi connectivity index (χ4n) is 2.88. The van der Waals surface area contributed by atoms with Crippen molar-refractivity contribution in [1.29, 1.82) is 0 Å². The van der Waals surface area contributed by atoms with Gasteiger partial charge >= 0.3 is 0 Å². The summed E-state index contributed by atoms with van der Waals surface area (Å²) >= 11 is 0. The average molecular weight is 295 g/mol. The first-order valence-corrected chi connectivity index (χ1v) is 7.40. The summed E-state index contributed by atoms with van der Waals surface area (Å²) in [6.45, 7) is 2.01. The predicted octanol–water partition coefficient (Wildman–Crippen LogP) is 4.54. The molecule has 112 valence electrons. The number of aliphatic hydroxyl groups is 1. The topological polar surface area (TPSA) is 36.0 Å². The summed E-state index contributed by atoms with van der Waals surface area (Å²) in [6, 6.07) is 16.5. The number of hydrogen-bond acceptors (Lipinski definition) is 1. The summed E-state index contributed by atoms with van der Waals surface area (Å²) in [4.78, 5) is 3.34. The Morgan fingerprint density at radius 3 is 2.23 bits per heavy atom. The van der Waals surface area contributed by atoms with E-state index in [1.54, 1.807) is 12.1 Å². The Labute approximate surface area is 129 Å². The molecule has 0 aliphatic carbocycles. The van der Waals surface area contributed by atoms with E-state index in [0.29, 0.717) is 0 Å². The molecule has 3 aromatic rings. The molecule has 0 saturated heterocycles. The van der Waals surface area contributed by atoms with Crippen LogP contribution in [0.4, 0.5) is 4.39 Å². The molecule has 0 amide bonds. The van der Waals surface area contributed by atoms with E-state index in [4.69, 9.17) is 0 Å². The Kier molecular flexibility index (Phi) is 4.07. The Morgan fingerprint density at radius 2 is 1.64 bits per heavy atom. The lowest BCUT2D eigenvalue weighted by Gasteiger charge is -2.07. The highest BCUT2D eigenvalue weighted by Gasteiger charge is 2.18. The van der Waals surface area contributed by atoms with E-state index >= 15 is 0 Å². The normalized spacial score (nSPS) is 10.9. The number of H-pyrrole nitrogens is 1. The van der Waals surface area contributed by atoms with Crippen LogP contribution in [0.1, 0.15) is 18.2 Å². The van der Waals surface area contributed by atoms with E-state index < -0.39 is 0 Å². The fraction of sp³-hybridized carbons (Fsp3) is 0.158. The lowest BCUT2D eigenvalue weighted by Crippen LogP contribution is -1.90. The second-order valence-electron chi connectivity index (χ2n) is 5.22. The van der Waals surface area contributed by atoms with Crippen LogP contribution in [0.5, 0.6) is 0 Å². The maximum Gasteiger partial charge on any atom is 0.123 e. The molecule has 3 heteroatoms.